The molecule has 1 saturated heterocycles. The quantitative estimate of drug-likeness (QED) is 0.799. The van der Waals surface area contributed by atoms with Gasteiger partial charge in [-0.05, 0) is 33.6 Å². The average molecular weight is 420 g/mol. The summed E-state index contributed by atoms with van der Waals surface area (Å²) in [6, 6.07) is 3.73. The van der Waals surface area contributed by atoms with Crippen LogP contribution in [0.15, 0.2) is 12.1 Å². The molecule has 2 aliphatic heterocycles. The monoisotopic (exact) mass is 419 g/mol. The smallest absolute Gasteiger partial charge is 0.410 e. The Morgan fingerprint density at radius 2 is 1.97 bits per heavy atom. The maximum atomic E-state index is 12.8. The van der Waals surface area contributed by atoms with E-state index in [1.54, 1.807) is 4.90 Å². The molecule has 3 heterocycles. The molecule has 0 bridgehead atoms. The zero-order valence-corrected chi connectivity index (χ0v) is 17.6. The number of hydrogen-bond acceptors (Lipinski definition) is 7. The van der Waals surface area contributed by atoms with Crippen molar-refractivity contribution in [1.29, 1.82) is 0 Å². The Morgan fingerprint density at radius 3 is 2.69 bits per heavy atom. The number of amides is 2. The Hall–Kier alpha value is -2.55. The van der Waals surface area contributed by atoms with Gasteiger partial charge in [0.2, 0.25) is 5.91 Å². The summed E-state index contributed by atoms with van der Waals surface area (Å²) < 4.78 is 17.5. The molecule has 1 unspecified atom stereocenters. The number of hydrogen-bond donors (Lipinski definition) is 1. The third-order valence-electron chi connectivity index (χ3n) is 4.73. The Labute approximate surface area is 173 Å². The number of likely N-dealkylation sites (tertiary alicyclic amines) is 1. The SMILES string of the molecule is CC(C)(C)OC(=O)N1CCCC(C(=O)Nc2nc3cc4c(cc3s2)OCCO4)C1. The number of rotatable bonds is 2. The second-order valence-electron chi connectivity index (χ2n) is 8.24. The number of fused-ring (bicyclic) bond motifs is 2. The van der Waals surface area contributed by atoms with Crippen LogP contribution in [0.5, 0.6) is 11.5 Å². The molecule has 29 heavy (non-hydrogen) atoms. The summed E-state index contributed by atoms with van der Waals surface area (Å²) in [5, 5.41) is 3.44. The van der Waals surface area contributed by atoms with Crippen LogP contribution in [0.1, 0.15) is 33.6 Å². The van der Waals surface area contributed by atoms with Crippen LogP contribution in [0.25, 0.3) is 10.2 Å². The number of carbonyl (C=O) groups is 2. The molecule has 0 saturated carbocycles. The van der Waals surface area contributed by atoms with Gasteiger partial charge in [0.25, 0.3) is 0 Å². The molecule has 1 aromatic heterocycles. The van der Waals surface area contributed by atoms with Crippen LogP contribution >= 0.6 is 11.3 Å². The van der Waals surface area contributed by atoms with Gasteiger partial charge in [-0.1, -0.05) is 11.3 Å². The lowest BCUT2D eigenvalue weighted by Gasteiger charge is -2.33. The molecule has 1 atom stereocenters. The fraction of sp³-hybridized carbons (Fsp3) is 0.550. The molecule has 2 aliphatic rings. The molecule has 9 heteroatoms. The predicted octanol–water partition coefficient (Wildman–Crippen LogP) is 3.65. The lowest BCUT2D eigenvalue weighted by molar-refractivity contribution is -0.121. The molecule has 0 radical (unpaired) electrons. The molecule has 1 fully saturated rings. The van der Waals surface area contributed by atoms with E-state index >= 15 is 0 Å². The molecular formula is C20H25N3O5S. The number of thiazole rings is 1. The molecule has 156 valence electrons. The van der Waals surface area contributed by atoms with E-state index in [0.29, 0.717) is 42.9 Å². The van der Waals surface area contributed by atoms with Gasteiger partial charge in [0, 0.05) is 25.2 Å². The third-order valence-corrected chi connectivity index (χ3v) is 5.66. The topological polar surface area (TPSA) is 90.0 Å². The number of nitrogens with one attached hydrogen (secondary N) is 1. The minimum atomic E-state index is -0.556. The molecule has 4 rings (SSSR count). The Morgan fingerprint density at radius 1 is 1.24 bits per heavy atom. The summed E-state index contributed by atoms with van der Waals surface area (Å²) in [5.41, 5.74) is 0.202. The van der Waals surface area contributed by atoms with Gasteiger partial charge in [0.05, 0.1) is 16.1 Å². The van der Waals surface area contributed by atoms with Crippen molar-refractivity contribution in [3.8, 4) is 11.5 Å². The largest absolute Gasteiger partial charge is 0.486 e. The number of ether oxygens (including phenoxy) is 3. The van der Waals surface area contributed by atoms with Crippen LogP contribution < -0.4 is 14.8 Å². The number of carbonyl (C=O) groups excluding carboxylic acids is 2. The molecule has 8 nitrogen and oxygen atoms in total. The number of nitrogens with zero attached hydrogens (tertiary/aromatic N) is 2. The fourth-order valence-corrected chi connectivity index (χ4v) is 4.29. The van der Waals surface area contributed by atoms with Crippen molar-refractivity contribution < 1.29 is 23.8 Å². The zero-order valence-electron chi connectivity index (χ0n) is 16.8. The van der Waals surface area contributed by atoms with Crippen LogP contribution in [0.4, 0.5) is 9.93 Å². The van der Waals surface area contributed by atoms with Gasteiger partial charge in [0.15, 0.2) is 16.6 Å². The molecule has 0 aliphatic carbocycles. The standard InChI is InChI=1S/C20H25N3O5S/c1-20(2,3)28-19(25)23-6-4-5-12(11-23)17(24)22-18-21-13-9-14-15(10-16(13)29-18)27-8-7-26-14/h9-10,12H,4-8,11H2,1-3H3,(H,21,22,24). The van der Waals surface area contributed by atoms with Gasteiger partial charge >= 0.3 is 6.09 Å². The van der Waals surface area contributed by atoms with E-state index in [1.807, 2.05) is 32.9 Å². The number of piperidine rings is 1. The fourth-order valence-electron chi connectivity index (χ4n) is 3.41. The van der Waals surface area contributed by atoms with E-state index in [4.69, 9.17) is 14.2 Å². The van der Waals surface area contributed by atoms with Crippen LogP contribution in [-0.4, -0.2) is 53.8 Å². The summed E-state index contributed by atoms with van der Waals surface area (Å²) in [6.07, 6.45) is 1.12. The van der Waals surface area contributed by atoms with Crippen molar-refractivity contribution in [2.24, 2.45) is 5.92 Å². The first-order chi connectivity index (χ1) is 13.8. The van der Waals surface area contributed by atoms with Crippen molar-refractivity contribution >= 4 is 38.7 Å². The van der Waals surface area contributed by atoms with Gasteiger partial charge in [-0.15, -0.1) is 0 Å². The van der Waals surface area contributed by atoms with Crippen molar-refractivity contribution in [3.05, 3.63) is 12.1 Å². The van der Waals surface area contributed by atoms with Crippen LogP contribution in [-0.2, 0) is 9.53 Å². The molecule has 2 amide bonds. The first-order valence-electron chi connectivity index (χ1n) is 9.77. The van der Waals surface area contributed by atoms with Gasteiger partial charge in [-0.3, -0.25) is 4.79 Å². The highest BCUT2D eigenvalue weighted by atomic mass is 32.1. The lowest BCUT2D eigenvalue weighted by atomic mass is 9.97. The Kier molecular flexibility index (Phi) is 5.24. The van der Waals surface area contributed by atoms with Crippen LogP contribution in [0.2, 0.25) is 0 Å². The summed E-state index contributed by atoms with van der Waals surface area (Å²) in [7, 11) is 0. The first-order valence-corrected chi connectivity index (χ1v) is 10.6. The lowest BCUT2D eigenvalue weighted by Crippen LogP contribution is -2.45. The second kappa shape index (κ2) is 7.70. The maximum Gasteiger partial charge on any atom is 0.410 e. The summed E-state index contributed by atoms with van der Waals surface area (Å²) >= 11 is 1.39. The van der Waals surface area contributed by atoms with Crippen molar-refractivity contribution in [1.82, 2.24) is 9.88 Å². The highest BCUT2D eigenvalue weighted by molar-refractivity contribution is 7.22. The molecule has 1 aromatic carbocycles. The predicted molar refractivity (Wildman–Crippen MR) is 110 cm³/mol. The Balaban J connectivity index is 1.42. The normalized spacial score (nSPS) is 19.1. The van der Waals surface area contributed by atoms with Crippen molar-refractivity contribution in [2.75, 3.05) is 31.6 Å². The van der Waals surface area contributed by atoms with E-state index in [0.717, 1.165) is 23.1 Å². The minimum Gasteiger partial charge on any atom is -0.486 e. The van der Waals surface area contributed by atoms with Crippen LogP contribution in [0.3, 0.4) is 0 Å². The van der Waals surface area contributed by atoms with Gasteiger partial charge in [-0.25, -0.2) is 9.78 Å². The van der Waals surface area contributed by atoms with Crippen molar-refractivity contribution in [3.63, 3.8) is 0 Å². The van der Waals surface area contributed by atoms with E-state index in [-0.39, 0.29) is 17.9 Å². The van der Waals surface area contributed by atoms with Gasteiger partial charge < -0.3 is 24.4 Å². The van der Waals surface area contributed by atoms with Gasteiger partial charge in [-0.2, -0.15) is 0 Å². The summed E-state index contributed by atoms with van der Waals surface area (Å²) in [4.78, 5) is 31.2. The summed E-state index contributed by atoms with van der Waals surface area (Å²) in [5.74, 6) is 0.954. The minimum absolute atomic E-state index is 0.130. The maximum absolute atomic E-state index is 12.8. The molecule has 0 spiro atoms. The number of anilines is 1. The average Bonchev–Trinajstić information content (AvgIpc) is 3.05. The molecule has 2 aromatic rings. The second-order valence-corrected chi connectivity index (χ2v) is 9.27. The number of aromatic nitrogens is 1. The molecular weight excluding hydrogens is 394 g/mol. The number of benzene rings is 1. The third kappa shape index (κ3) is 4.55. The van der Waals surface area contributed by atoms with E-state index in [9.17, 15) is 9.59 Å². The van der Waals surface area contributed by atoms with E-state index in [2.05, 4.69) is 10.3 Å². The van der Waals surface area contributed by atoms with E-state index in [1.165, 1.54) is 11.3 Å². The summed E-state index contributed by atoms with van der Waals surface area (Å²) in [6.45, 7) is 7.49. The van der Waals surface area contributed by atoms with E-state index < -0.39 is 5.60 Å². The van der Waals surface area contributed by atoms with Crippen LogP contribution in [0, 0.1) is 5.92 Å². The first kappa shape index (κ1) is 19.8. The highest BCUT2D eigenvalue weighted by Gasteiger charge is 2.31. The zero-order chi connectivity index (χ0) is 20.6. The van der Waals surface area contributed by atoms with Crippen molar-refractivity contribution in [2.45, 2.75) is 39.2 Å². The highest BCUT2D eigenvalue weighted by Crippen LogP contribution is 2.38. The Bertz CT molecular complexity index is 893. The van der Waals surface area contributed by atoms with Gasteiger partial charge in [0.1, 0.15) is 18.8 Å². The molecule has 1 N–H and O–H groups in total.